The fourth-order valence-electron chi connectivity index (χ4n) is 10.8. The van der Waals surface area contributed by atoms with Gasteiger partial charge in [0.15, 0.2) is 17.5 Å². The first kappa shape index (κ1) is 38.5. The van der Waals surface area contributed by atoms with Gasteiger partial charge in [0.05, 0.1) is 27.8 Å². The summed E-state index contributed by atoms with van der Waals surface area (Å²) in [6.45, 7) is 0. The van der Waals surface area contributed by atoms with Crippen LogP contribution in [-0.4, -0.2) is 24.1 Å². The quantitative estimate of drug-likeness (QED) is 0.166. The van der Waals surface area contributed by atoms with E-state index in [0.29, 0.717) is 17.5 Å². The maximum atomic E-state index is 6.82. The number of hydrogen-bond acceptors (Lipinski definition) is 5. The lowest BCUT2D eigenvalue weighted by molar-refractivity contribution is 0.668. The molecule has 15 rings (SSSR count). The second-order valence-electron chi connectivity index (χ2n) is 17.9. The van der Waals surface area contributed by atoms with Gasteiger partial charge in [-0.1, -0.05) is 152 Å². The summed E-state index contributed by atoms with van der Waals surface area (Å²) < 4.78 is 18.2. The van der Waals surface area contributed by atoms with E-state index in [1.165, 1.54) is 32.6 Å². The van der Waals surface area contributed by atoms with E-state index >= 15 is 0 Å². The van der Waals surface area contributed by atoms with Gasteiger partial charge in [0.2, 0.25) is 0 Å². The van der Waals surface area contributed by atoms with Gasteiger partial charge in [-0.2, -0.15) is 0 Å². The van der Waals surface area contributed by atoms with Crippen molar-refractivity contribution < 1.29 is 8.83 Å². The van der Waals surface area contributed by atoms with E-state index < -0.39 is 0 Å². The van der Waals surface area contributed by atoms with Crippen molar-refractivity contribution in [3.05, 3.63) is 224 Å². The fourth-order valence-corrected chi connectivity index (χ4v) is 10.8. The molecule has 10 aromatic carbocycles. The Kier molecular flexibility index (Phi) is 8.23. The Morgan fingerprint density at radius 1 is 0.286 bits per heavy atom. The van der Waals surface area contributed by atoms with Crippen molar-refractivity contribution in [3.63, 3.8) is 0 Å². The standard InChI is InChI=1S/C63H37N5O2/c1-4-15-38(16-5-1)61-64-62(39-17-6-2-7-18-39)66-63(65-61)41-27-30-47-51-35-40(28-34-54(51)69-56(47)36-41)44-23-14-26-55-58(44)50-31-29-43(37-57(50)70-55)68-53-25-13-11-22-46(53)49-33-32-48-45-21-10-12-24-52(45)67(59(48)60(49)68)42-19-8-3-9-20-42/h1-37H. The Morgan fingerprint density at radius 2 is 0.814 bits per heavy atom. The van der Waals surface area contributed by atoms with Crippen LogP contribution in [0.1, 0.15) is 0 Å². The molecule has 0 saturated heterocycles. The molecule has 0 aliphatic heterocycles. The molecule has 70 heavy (non-hydrogen) atoms. The molecule has 0 aliphatic rings. The Morgan fingerprint density at radius 3 is 1.49 bits per heavy atom. The number of nitrogens with zero attached hydrogens (tertiary/aromatic N) is 5. The smallest absolute Gasteiger partial charge is 0.164 e. The average Bonchev–Trinajstić information content (AvgIpc) is 4.18. The predicted octanol–water partition coefficient (Wildman–Crippen LogP) is 16.5. The molecule has 0 amide bonds. The molecular weight excluding hydrogens is 859 g/mol. The van der Waals surface area contributed by atoms with Crippen molar-refractivity contribution >= 4 is 87.5 Å². The van der Waals surface area contributed by atoms with Crippen LogP contribution < -0.4 is 0 Å². The topological polar surface area (TPSA) is 74.8 Å². The summed E-state index contributed by atoms with van der Waals surface area (Å²) in [5.41, 5.74) is 14.9. The summed E-state index contributed by atoms with van der Waals surface area (Å²) in [6.07, 6.45) is 0. The SMILES string of the molecule is c1ccc(-c2nc(-c3ccccc3)nc(-c3ccc4c(c3)oc3ccc(-c5cccc6oc7cc(-n8c9ccccc9c9ccc%10c%11ccccc%11n(-c%11ccccc%11)c%10c98)ccc7c56)cc34)n2)cc1. The second kappa shape index (κ2) is 15.0. The molecule has 7 nitrogen and oxygen atoms in total. The lowest BCUT2D eigenvalue weighted by atomic mass is 9.97. The van der Waals surface area contributed by atoms with Crippen LogP contribution in [0.2, 0.25) is 0 Å². The van der Waals surface area contributed by atoms with Crippen LogP contribution in [-0.2, 0) is 0 Å². The highest BCUT2D eigenvalue weighted by Crippen LogP contribution is 2.44. The van der Waals surface area contributed by atoms with Gasteiger partial charge in [0, 0.05) is 71.5 Å². The molecule has 5 aromatic heterocycles. The van der Waals surface area contributed by atoms with Gasteiger partial charge in [-0.25, -0.2) is 15.0 Å². The molecule has 0 fully saturated rings. The van der Waals surface area contributed by atoms with Gasteiger partial charge in [0.25, 0.3) is 0 Å². The Hall–Kier alpha value is -9.59. The number of hydrogen-bond donors (Lipinski definition) is 0. The summed E-state index contributed by atoms with van der Waals surface area (Å²) >= 11 is 0. The molecular formula is C63H37N5O2. The zero-order valence-corrected chi connectivity index (χ0v) is 37.4. The van der Waals surface area contributed by atoms with Gasteiger partial charge in [0.1, 0.15) is 22.3 Å². The van der Waals surface area contributed by atoms with Crippen LogP contribution in [0.4, 0.5) is 0 Å². The highest BCUT2D eigenvalue weighted by atomic mass is 16.3. The Balaban J connectivity index is 0.866. The fraction of sp³-hybridized carbons (Fsp3) is 0. The molecule has 5 heterocycles. The summed E-state index contributed by atoms with van der Waals surface area (Å²) in [4.78, 5) is 14.8. The van der Waals surface area contributed by atoms with E-state index in [9.17, 15) is 0 Å². The first-order valence-corrected chi connectivity index (χ1v) is 23.5. The number of benzene rings is 10. The third-order valence-electron chi connectivity index (χ3n) is 14.0. The zero-order chi connectivity index (χ0) is 45.9. The third kappa shape index (κ3) is 5.79. The van der Waals surface area contributed by atoms with Crippen LogP contribution in [0.3, 0.4) is 0 Å². The number of aromatic nitrogens is 5. The molecule has 326 valence electrons. The Labute approximate surface area is 399 Å². The molecule has 0 aliphatic carbocycles. The molecule has 0 spiro atoms. The van der Waals surface area contributed by atoms with Crippen molar-refractivity contribution in [2.45, 2.75) is 0 Å². The molecule has 15 aromatic rings. The summed E-state index contributed by atoms with van der Waals surface area (Å²) in [5.74, 6) is 1.82. The summed E-state index contributed by atoms with van der Waals surface area (Å²) in [6, 6.07) is 78.5. The van der Waals surface area contributed by atoms with Crippen LogP contribution >= 0.6 is 0 Å². The van der Waals surface area contributed by atoms with E-state index in [2.05, 4.69) is 167 Å². The van der Waals surface area contributed by atoms with Gasteiger partial charge in [-0.05, 0) is 77.9 Å². The average molecular weight is 896 g/mol. The summed E-state index contributed by atoms with van der Waals surface area (Å²) in [5, 5.41) is 9.02. The van der Waals surface area contributed by atoms with E-state index in [-0.39, 0.29) is 0 Å². The van der Waals surface area contributed by atoms with Crippen molar-refractivity contribution in [2.24, 2.45) is 0 Å². The molecule has 0 saturated carbocycles. The van der Waals surface area contributed by atoms with Crippen LogP contribution in [0.25, 0.3) is 144 Å². The minimum atomic E-state index is 0.583. The lowest BCUT2D eigenvalue weighted by Crippen LogP contribution is -2.00. The second-order valence-corrected chi connectivity index (χ2v) is 17.9. The maximum absolute atomic E-state index is 6.82. The van der Waals surface area contributed by atoms with Crippen LogP contribution in [0.15, 0.2) is 233 Å². The predicted molar refractivity (Wildman–Crippen MR) is 285 cm³/mol. The van der Waals surface area contributed by atoms with Crippen molar-refractivity contribution in [1.82, 2.24) is 24.1 Å². The Bertz CT molecular complexity index is 4530. The first-order chi connectivity index (χ1) is 34.7. The number of para-hydroxylation sites is 3. The summed E-state index contributed by atoms with van der Waals surface area (Å²) in [7, 11) is 0. The van der Waals surface area contributed by atoms with Crippen molar-refractivity contribution in [2.75, 3.05) is 0 Å². The largest absolute Gasteiger partial charge is 0.456 e. The normalized spacial score (nSPS) is 12.0. The van der Waals surface area contributed by atoms with Gasteiger partial charge < -0.3 is 18.0 Å². The monoisotopic (exact) mass is 895 g/mol. The van der Waals surface area contributed by atoms with E-state index in [0.717, 1.165) is 94.1 Å². The molecule has 0 N–H and O–H groups in total. The third-order valence-corrected chi connectivity index (χ3v) is 14.0. The van der Waals surface area contributed by atoms with E-state index in [1.807, 2.05) is 66.7 Å². The minimum absolute atomic E-state index is 0.583. The molecule has 0 radical (unpaired) electrons. The number of furan rings is 2. The molecule has 0 bridgehead atoms. The van der Waals surface area contributed by atoms with E-state index in [1.54, 1.807) is 0 Å². The highest BCUT2D eigenvalue weighted by molar-refractivity contribution is 6.24. The van der Waals surface area contributed by atoms with Crippen LogP contribution in [0.5, 0.6) is 0 Å². The first-order valence-electron chi connectivity index (χ1n) is 23.5. The van der Waals surface area contributed by atoms with Gasteiger partial charge in [-0.15, -0.1) is 0 Å². The molecule has 0 atom stereocenters. The van der Waals surface area contributed by atoms with Crippen LogP contribution in [0, 0.1) is 0 Å². The number of fused-ring (bicyclic) bond motifs is 13. The number of rotatable bonds is 6. The lowest BCUT2D eigenvalue weighted by Gasteiger charge is -2.12. The highest BCUT2D eigenvalue weighted by Gasteiger charge is 2.23. The molecule has 7 heteroatoms. The van der Waals surface area contributed by atoms with Gasteiger partial charge in [-0.3, -0.25) is 0 Å². The maximum Gasteiger partial charge on any atom is 0.164 e. The minimum Gasteiger partial charge on any atom is -0.456 e. The molecule has 0 unspecified atom stereocenters. The van der Waals surface area contributed by atoms with Gasteiger partial charge >= 0.3 is 0 Å². The van der Waals surface area contributed by atoms with Crippen molar-refractivity contribution in [1.29, 1.82) is 0 Å². The van der Waals surface area contributed by atoms with Crippen molar-refractivity contribution in [3.8, 4) is 56.7 Å². The zero-order valence-electron chi connectivity index (χ0n) is 37.4. The van der Waals surface area contributed by atoms with E-state index in [4.69, 9.17) is 23.8 Å².